The summed E-state index contributed by atoms with van der Waals surface area (Å²) in [5, 5.41) is 3.61. The molecule has 6 heteroatoms. The third kappa shape index (κ3) is 3.22. The van der Waals surface area contributed by atoms with Crippen molar-refractivity contribution in [1.82, 2.24) is 15.0 Å². The summed E-state index contributed by atoms with van der Waals surface area (Å²) in [5.74, 6) is 1.25. The Morgan fingerprint density at radius 1 is 1.17 bits per heavy atom. The summed E-state index contributed by atoms with van der Waals surface area (Å²) in [6, 6.07) is 0.480. The van der Waals surface area contributed by atoms with E-state index in [2.05, 4.69) is 39.0 Å². The fourth-order valence-corrected chi connectivity index (χ4v) is 2.46. The standard InChI is InChI=1S/C12H20ClN5/c1-3-18(4-2)12-16-10(13)15-11(17-12)14-9-7-5-6-8-9/h9H,3-8H2,1-2H3,(H,14,15,16,17). The maximum Gasteiger partial charge on any atom is 0.231 e. The molecule has 0 spiro atoms. The van der Waals surface area contributed by atoms with Gasteiger partial charge in [-0.05, 0) is 38.3 Å². The molecule has 0 amide bonds. The summed E-state index contributed by atoms with van der Waals surface area (Å²) >= 11 is 5.96. The lowest BCUT2D eigenvalue weighted by atomic mass is 10.3. The molecule has 0 bridgehead atoms. The molecule has 1 aromatic heterocycles. The third-order valence-electron chi connectivity index (χ3n) is 3.33. The van der Waals surface area contributed by atoms with Crippen molar-refractivity contribution in [2.45, 2.75) is 45.6 Å². The second kappa shape index (κ2) is 6.18. The van der Waals surface area contributed by atoms with Crippen LogP contribution in [0.2, 0.25) is 5.28 Å². The van der Waals surface area contributed by atoms with Crippen molar-refractivity contribution in [3.63, 3.8) is 0 Å². The summed E-state index contributed by atoms with van der Waals surface area (Å²) in [7, 11) is 0. The van der Waals surface area contributed by atoms with Crippen LogP contribution in [0.25, 0.3) is 0 Å². The highest BCUT2D eigenvalue weighted by atomic mass is 35.5. The predicted molar refractivity (Wildman–Crippen MR) is 74.3 cm³/mol. The van der Waals surface area contributed by atoms with Crippen LogP contribution in [-0.4, -0.2) is 34.1 Å². The summed E-state index contributed by atoms with van der Waals surface area (Å²) in [6.07, 6.45) is 4.92. The van der Waals surface area contributed by atoms with E-state index in [1.165, 1.54) is 25.7 Å². The molecular weight excluding hydrogens is 250 g/mol. The molecule has 1 aromatic rings. The molecule has 5 nitrogen and oxygen atoms in total. The number of nitrogens with one attached hydrogen (secondary N) is 1. The summed E-state index contributed by atoms with van der Waals surface area (Å²) < 4.78 is 0. The molecule has 2 rings (SSSR count). The number of hydrogen-bond acceptors (Lipinski definition) is 5. The van der Waals surface area contributed by atoms with E-state index in [1.54, 1.807) is 0 Å². The van der Waals surface area contributed by atoms with Crippen molar-refractivity contribution in [2.75, 3.05) is 23.3 Å². The molecule has 1 fully saturated rings. The Bertz CT molecular complexity index is 388. The number of rotatable bonds is 5. The Hall–Kier alpha value is -1.10. The Labute approximate surface area is 113 Å². The highest BCUT2D eigenvalue weighted by Gasteiger charge is 2.17. The first-order valence-electron chi connectivity index (χ1n) is 6.66. The van der Waals surface area contributed by atoms with Crippen LogP contribution in [0, 0.1) is 0 Å². The molecule has 0 aliphatic heterocycles. The van der Waals surface area contributed by atoms with Gasteiger partial charge in [-0.25, -0.2) is 0 Å². The minimum absolute atomic E-state index is 0.257. The van der Waals surface area contributed by atoms with Gasteiger partial charge in [0, 0.05) is 19.1 Å². The van der Waals surface area contributed by atoms with Crippen molar-refractivity contribution in [3.05, 3.63) is 5.28 Å². The van der Waals surface area contributed by atoms with Crippen molar-refractivity contribution >= 4 is 23.5 Å². The van der Waals surface area contributed by atoms with Crippen LogP contribution in [0.15, 0.2) is 0 Å². The minimum atomic E-state index is 0.257. The number of aromatic nitrogens is 3. The number of halogens is 1. The molecule has 1 heterocycles. The quantitative estimate of drug-likeness (QED) is 0.891. The topological polar surface area (TPSA) is 53.9 Å². The summed E-state index contributed by atoms with van der Waals surface area (Å²) in [4.78, 5) is 14.8. The highest BCUT2D eigenvalue weighted by Crippen LogP contribution is 2.22. The Kier molecular flexibility index (Phi) is 4.58. The second-order valence-corrected chi connectivity index (χ2v) is 4.86. The number of hydrogen-bond donors (Lipinski definition) is 1. The lowest BCUT2D eigenvalue weighted by Gasteiger charge is -2.19. The van der Waals surface area contributed by atoms with Crippen LogP contribution in [0.1, 0.15) is 39.5 Å². The van der Waals surface area contributed by atoms with Gasteiger partial charge in [0.25, 0.3) is 0 Å². The molecule has 0 aromatic carbocycles. The van der Waals surface area contributed by atoms with Crippen LogP contribution in [0.5, 0.6) is 0 Å². The fraction of sp³-hybridized carbons (Fsp3) is 0.750. The van der Waals surface area contributed by atoms with Crippen LogP contribution in [0.4, 0.5) is 11.9 Å². The van der Waals surface area contributed by atoms with Crippen molar-refractivity contribution < 1.29 is 0 Å². The van der Waals surface area contributed by atoms with Gasteiger partial charge in [0.2, 0.25) is 17.2 Å². The van der Waals surface area contributed by atoms with Gasteiger partial charge in [-0.1, -0.05) is 12.8 Å². The zero-order valence-corrected chi connectivity index (χ0v) is 11.7. The summed E-state index contributed by atoms with van der Waals surface area (Å²) in [5.41, 5.74) is 0. The van der Waals surface area contributed by atoms with Crippen molar-refractivity contribution in [2.24, 2.45) is 0 Å². The van der Waals surface area contributed by atoms with E-state index in [4.69, 9.17) is 11.6 Å². The van der Waals surface area contributed by atoms with Crippen LogP contribution in [0.3, 0.4) is 0 Å². The van der Waals surface area contributed by atoms with Crippen molar-refractivity contribution in [3.8, 4) is 0 Å². The van der Waals surface area contributed by atoms with Gasteiger partial charge in [-0.2, -0.15) is 15.0 Å². The van der Waals surface area contributed by atoms with E-state index in [9.17, 15) is 0 Å². The maximum atomic E-state index is 5.96. The first kappa shape index (κ1) is 13.3. The molecule has 0 unspecified atom stereocenters. The van der Waals surface area contributed by atoms with E-state index >= 15 is 0 Å². The van der Waals surface area contributed by atoms with Gasteiger partial charge >= 0.3 is 0 Å². The molecule has 1 N–H and O–H groups in total. The van der Waals surface area contributed by atoms with E-state index < -0.39 is 0 Å². The average molecular weight is 270 g/mol. The molecule has 1 aliphatic rings. The number of anilines is 2. The first-order chi connectivity index (χ1) is 8.72. The molecule has 1 aliphatic carbocycles. The Morgan fingerprint density at radius 3 is 2.44 bits per heavy atom. The zero-order valence-electron chi connectivity index (χ0n) is 11.0. The van der Waals surface area contributed by atoms with Gasteiger partial charge in [0.1, 0.15) is 0 Å². The number of nitrogens with zero attached hydrogens (tertiary/aromatic N) is 4. The molecule has 100 valence electrons. The van der Waals surface area contributed by atoms with Gasteiger partial charge < -0.3 is 10.2 Å². The van der Waals surface area contributed by atoms with Gasteiger partial charge in [-0.15, -0.1) is 0 Å². The average Bonchev–Trinajstić information content (AvgIpc) is 2.83. The van der Waals surface area contributed by atoms with Crippen LogP contribution in [-0.2, 0) is 0 Å². The van der Waals surface area contributed by atoms with E-state index in [0.29, 0.717) is 17.9 Å². The monoisotopic (exact) mass is 269 g/mol. The third-order valence-corrected chi connectivity index (χ3v) is 3.50. The first-order valence-corrected chi connectivity index (χ1v) is 7.03. The van der Waals surface area contributed by atoms with Crippen LogP contribution < -0.4 is 10.2 Å². The Morgan fingerprint density at radius 2 is 1.83 bits per heavy atom. The van der Waals surface area contributed by atoms with E-state index in [1.807, 2.05) is 0 Å². The smallest absolute Gasteiger partial charge is 0.231 e. The van der Waals surface area contributed by atoms with Crippen molar-refractivity contribution in [1.29, 1.82) is 0 Å². The predicted octanol–water partition coefficient (Wildman–Crippen LogP) is 2.73. The molecule has 0 saturated heterocycles. The largest absolute Gasteiger partial charge is 0.351 e. The molecule has 1 saturated carbocycles. The normalized spacial score (nSPS) is 15.9. The molecular formula is C12H20ClN5. The lowest BCUT2D eigenvalue weighted by molar-refractivity contribution is 0.737. The van der Waals surface area contributed by atoms with E-state index in [0.717, 1.165) is 13.1 Å². The molecule has 18 heavy (non-hydrogen) atoms. The Balaban J connectivity index is 2.14. The molecule has 0 radical (unpaired) electrons. The second-order valence-electron chi connectivity index (χ2n) is 4.53. The minimum Gasteiger partial charge on any atom is -0.351 e. The van der Waals surface area contributed by atoms with E-state index in [-0.39, 0.29) is 5.28 Å². The maximum absolute atomic E-state index is 5.96. The highest BCUT2D eigenvalue weighted by molar-refractivity contribution is 6.28. The summed E-state index contributed by atoms with van der Waals surface area (Å²) in [6.45, 7) is 5.87. The SMILES string of the molecule is CCN(CC)c1nc(Cl)nc(NC2CCCC2)n1. The van der Waals surface area contributed by atoms with Gasteiger partial charge in [0.05, 0.1) is 0 Å². The molecule has 0 atom stereocenters. The van der Waals surface area contributed by atoms with Gasteiger partial charge in [-0.3, -0.25) is 0 Å². The van der Waals surface area contributed by atoms with Gasteiger partial charge in [0.15, 0.2) is 0 Å². The lowest BCUT2D eigenvalue weighted by Crippen LogP contribution is -2.25. The zero-order chi connectivity index (χ0) is 13.0. The fourth-order valence-electron chi connectivity index (χ4n) is 2.30. The van der Waals surface area contributed by atoms with Crippen LogP contribution >= 0.6 is 11.6 Å².